The van der Waals surface area contributed by atoms with Crippen molar-refractivity contribution < 1.29 is 18.0 Å². The molecule has 2 amide bonds. The summed E-state index contributed by atoms with van der Waals surface area (Å²) in [4.78, 5) is 28.2. The Morgan fingerprint density at radius 1 is 0.974 bits per heavy atom. The summed E-state index contributed by atoms with van der Waals surface area (Å²) in [5.41, 5.74) is 1.94. The monoisotopic (exact) mass is 583 g/mol. The number of anilines is 1. The van der Waals surface area contributed by atoms with Crippen molar-refractivity contribution in [2.45, 2.75) is 78.4 Å². The van der Waals surface area contributed by atoms with Gasteiger partial charge >= 0.3 is 0 Å². The third-order valence-electron chi connectivity index (χ3n) is 6.01. The van der Waals surface area contributed by atoms with Crippen molar-refractivity contribution in [1.29, 1.82) is 0 Å². The molecule has 0 bridgehead atoms. The molecule has 0 aliphatic heterocycles. The Hall–Kier alpha value is -2.29. The molecule has 2 aromatic carbocycles. The number of hydrogen-bond acceptors (Lipinski definition) is 4. The van der Waals surface area contributed by atoms with Gasteiger partial charge in [0.25, 0.3) is 0 Å². The Morgan fingerprint density at radius 2 is 1.58 bits per heavy atom. The number of amides is 2. The summed E-state index contributed by atoms with van der Waals surface area (Å²) in [7, 11) is -3.55. The van der Waals surface area contributed by atoms with Gasteiger partial charge in [-0.25, -0.2) is 8.42 Å². The van der Waals surface area contributed by atoms with Gasteiger partial charge in [0.2, 0.25) is 21.8 Å². The second kappa shape index (κ2) is 13.7. The number of sulfonamides is 1. The van der Waals surface area contributed by atoms with Crippen molar-refractivity contribution in [3.05, 3.63) is 63.6 Å². The highest BCUT2D eigenvalue weighted by Gasteiger charge is 2.31. The topological polar surface area (TPSA) is 86.8 Å². The van der Waals surface area contributed by atoms with E-state index < -0.39 is 21.6 Å². The highest BCUT2D eigenvalue weighted by molar-refractivity contribution is 7.92. The molecule has 0 saturated carbocycles. The predicted octanol–water partition coefficient (Wildman–Crippen LogP) is 5.82. The molecule has 0 aromatic heterocycles. The van der Waals surface area contributed by atoms with E-state index in [-0.39, 0.29) is 37.7 Å². The summed E-state index contributed by atoms with van der Waals surface area (Å²) in [5, 5.41) is 3.73. The van der Waals surface area contributed by atoms with Gasteiger partial charge < -0.3 is 10.2 Å². The van der Waals surface area contributed by atoms with Crippen LogP contribution in [0.1, 0.15) is 65.0 Å². The average molecular weight is 585 g/mol. The Labute approximate surface area is 237 Å². The third kappa shape index (κ3) is 9.47. The number of aryl methyl sites for hydroxylation is 1. The van der Waals surface area contributed by atoms with E-state index in [4.69, 9.17) is 23.2 Å². The zero-order chi connectivity index (χ0) is 28.7. The number of nitrogens with zero attached hydrogens (tertiary/aromatic N) is 2. The van der Waals surface area contributed by atoms with Gasteiger partial charge in [-0.1, -0.05) is 55.2 Å². The van der Waals surface area contributed by atoms with Crippen LogP contribution in [0.4, 0.5) is 5.69 Å². The number of carbonyl (C=O) groups excluding carboxylic acids is 2. The maximum atomic E-state index is 13.5. The summed E-state index contributed by atoms with van der Waals surface area (Å²) in [6, 6.07) is 11.8. The van der Waals surface area contributed by atoms with Crippen LogP contribution in [-0.2, 0) is 32.6 Å². The van der Waals surface area contributed by atoms with Gasteiger partial charge in [-0.05, 0) is 75.4 Å². The molecule has 2 aromatic rings. The molecule has 2 rings (SSSR count). The van der Waals surface area contributed by atoms with Crippen LogP contribution in [0.25, 0.3) is 0 Å². The van der Waals surface area contributed by atoms with Crippen molar-refractivity contribution in [1.82, 2.24) is 10.2 Å². The molecular weight excluding hydrogens is 545 g/mol. The fourth-order valence-corrected chi connectivity index (χ4v) is 5.40. The molecule has 0 radical (unpaired) electrons. The lowest BCUT2D eigenvalue weighted by Gasteiger charge is -2.33. The van der Waals surface area contributed by atoms with Crippen molar-refractivity contribution in [2.75, 3.05) is 17.1 Å². The highest BCUT2D eigenvalue weighted by atomic mass is 35.5. The van der Waals surface area contributed by atoms with Crippen molar-refractivity contribution in [3.63, 3.8) is 0 Å². The van der Waals surface area contributed by atoms with Crippen LogP contribution in [0.15, 0.2) is 42.5 Å². The van der Waals surface area contributed by atoms with Gasteiger partial charge in [0.05, 0.1) is 22.0 Å². The molecule has 0 saturated heterocycles. The summed E-state index contributed by atoms with van der Waals surface area (Å²) in [6.45, 7) is 9.85. The summed E-state index contributed by atoms with van der Waals surface area (Å²) >= 11 is 12.3. The third-order valence-corrected chi connectivity index (χ3v) is 7.94. The number of rotatable bonds is 12. The number of halogens is 2. The zero-order valence-electron chi connectivity index (χ0n) is 23.1. The zero-order valence-corrected chi connectivity index (χ0v) is 25.4. The van der Waals surface area contributed by atoms with Crippen LogP contribution in [0, 0.1) is 0 Å². The molecule has 0 spiro atoms. The minimum atomic E-state index is -3.55. The van der Waals surface area contributed by atoms with Crippen LogP contribution in [0.2, 0.25) is 10.0 Å². The van der Waals surface area contributed by atoms with Crippen LogP contribution in [-0.4, -0.2) is 49.5 Å². The lowest BCUT2D eigenvalue weighted by molar-refractivity contribution is -0.142. The molecule has 0 aliphatic rings. The van der Waals surface area contributed by atoms with Gasteiger partial charge in [0.1, 0.15) is 6.04 Å². The van der Waals surface area contributed by atoms with E-state index in [2.05, 4.69) is 5.32 Å². The van der Waals surface area contributed by atoms with Crippen LogP contribution < -0.4 is 9.62 Å². The van der Waals surface area contributed by atoms with Gasteiger partial charge in [0.15, 0.2) is 0 Å². The molecule has 0 aliphatic carbocycles. The minimum Gasteiger partial charge on any atom is -0.350 e. The Kier molecular flexibility index (Phi) is 11.5. The molecule has 210 valence electrons. The summed E-state index contributed by atoms with van der Waals surface area (Å²) < 4.78 is 26.4. The fraction of sp³-hybridized carbons (Fsp3) is 0.500. The normalized spacial score (nSPS) is 12.6. The van der Waals surface area contributed by atoms with E-state index in [1.54, 1.807) is 35.2 Å². The van der Waals surface area contributed by atoms with Gasteiger partial charge in [-0.15, -0.1) is 0 Å². The van der Waals surface area contributed by atoms with Gasteiger partial charge in [0, 0.05) is 25.0 Å². The van der Waals surface area contributed by atoms with E-state index in [1.165, 1.54) is 4.31 Å². The number of nitrogens with one attached hydrogen (secondary N) is 1. The minimum absolute atomic E-state index is 0.0691. The molecule has 10 heteroatoms. The van der Waals surface area contributed by atoms with Crippen molar-refractivity contribution >= 4 is 50.7 Å². The predicted molar refractivity (Wildman–Crippen MR) is 156 cm³/mol. The van der Waals surface area contributed by atoms with Crippen molar-refractivity contribution in [2.24, 2.45) is 0 Å². The van der Waals surface area contributed by atoms with Crippen molar-refractivity contribution in [3.8, 4) is 0 Å². The van der Waals surface area contributed by atoms with Crippen LogP contribution in [0.3, 0.4) is 0 Å². The molecule has 1 N–H and O–H groups in total. The molecule has 0 unspecified atom stereocenters. The molecule has 38 heavy (non-hydrogen) atoms. The first-order valence-electron chi connectivity index (χ1n) is 12.8. The average Bonchev–Trinajstić information content (AvgIpc) is 2.82. The first kappa shape index (κ1) is 31.9. The van der Waals surface area contributed by atoms with E-state index in [0.29, 0.717) is 22.2 Å². The van der Waals surface area contributed by atoms with E-state index in [0.717, 1.165) is 23.8 Å². The molecule has 1 atom stereocenters. The summed E-state index contributed by atoms with van der Waals surface area (Å²) in [5.74, 6) is -0.496. The van der Waals surface area contributed by atoms with Gasteiger partial charge in [-0.3, -0.25) is 13.9 Å². The van der Waals surface area contributed by atoms with Crippen LogP contribution >= 0.6 is 23.2 Å². The Balaban J connectivity index is 2.26. The van der Waals surface area contributed by atoms with E-state index in [9.17, 15) is 18.0 Å². The number of benzene rings is 2. The Bertz CT molecular complexity index is 1210. The Morgan fingerprint density at radius 3 is 2.08 bits per heavy atom. The number of carbonyl (C=O) groups is 2. The van der Waals surface area contributed by atoms with E-state index in [1.807, 2.05) is 46.8 Å². The summed E-state index contributed by atoms with van der Waals surface area (Å²) in [6.07, 6.45) is 2.78. The smallest absolute Gasteiger partial charge is 0.243 e. The highest BCUT2D eigenvalue weighted by Crippen LogP contribution is 2.25. The van der Waals surface area contributed by atoms with E-state index >= 15 is 0 Å². The maximum absolute atomic E-state index is 13.5. The van der Waals surface area contributed by atoms with Crippen LogP contribution in [0.5, 0.6) is 0 Å². The second-order valence-electron chi connectivity index (χ2n) is 10.4. The number of hydrogen-bond donors (Lipinski definition) is 1. The lowest BCUT2D eigenvalue weighted by atomic mass is 10.0. The molecular formula is C28H39Cl2N3O4S. The quantitative estimate of drug-likeness (QED) is 0.341. The molecule has 0 fully saturated rings. The second-order valence-corrected chi connectivity index (χ2v) is 13.1. The first-order chi connectivity index (χ1) is 17.7. The SMILES string of the molecule is CCc1ccc(N(CCCC(=O)N(Cc2ccc(Cl)c(Cl)c2)[C@@H](CC)C(=O)NC(C)(C)C)S(C)(=O)=O)cc1. The first-order valence-corrected chi connectivity index (χ1v) is 15.4. The molecule has 7 nitrogen and oxygen atoms in total. The van der Waals surface area contributed by atoms with Gasteiger partial charge in [-0.2, -0.15) is 0 Å². The standard InChI is InChI=1S/C28H39Cl2N3O4S/c1-7-20-11-14-22(15-12-20)33(38(6,36)37)17-9-10-26(34)32(19-21-13-16-23(29)24(30)18-21)25(8-2)27(35)31-28(3,4)5/h11-16,18,25H,7-10,17,19H2,1-6H3,(H,31,35)/t25-/m0/s1. The largest absolute Gasteiger partial charge is 0.350 e. The molecule has 0 heterocycles. The lowest BCUT2D eigenvalue weighted by Crippen LogP contribution is -2.53. The maximum Gasteiger partial charge on any atom is 0.243 e. The fourth-order valence-electron chi connectivity index (χ4n) is 4.11.